The van der Waals surface area contributed by atoms with Gasteiger partial charge in [-0.05, 0) is 122 Å². The molecule has 536 valence electrons. The highest BCUT2D eigenvalue weighted by Crippen LogP contribution is 2.43. The van der Waals surface area contributed by atoms with E-state index >= 15 is 0 Å². The number of phosphoric ester groups is 1. The van der Waals surface area contributed by atoms with Gasteiger partial charge in [-0.1, -0.05) is 332 Å². The molecule has 0 aliphatic rings. The lowest BCUT2D eigenvalue weighted by Crippen LogP contribution is -2.37. The van der Waals surface area contributed by atoms with Crippen molar-refractivity contribution < 1.29 is 42.1 Å². The Kier molecular flexibility index (Phi) is 69.5. The van der Waals surface area contributed by atoms with Crippen molar-refractivity contribution in [2.24, 2.45) is 0 Å². The minimum Gasteiger partial charge on any atom is -0.462 e. The molecule has 2 unspecified atom stereocenters. The molecule has 0 aromatic rings. The highest BCUT2D eigenvalue weighted by molar-refractivity contribution is 7.47. The number of rotatable bonds is 69. The zero-order chi connectivity index (χ0) is 68.3. The lowest BCUT2D eigenvalue weighted by molar-refractivity contribution is -0.870. The molecule has 0 heterocycles. The number of hydrogen-bond acceptors (Lipinski definition) is 7. The first-order valence-electron chi connectivity index (χ1n) is 38.2. The summed E-state index contributed by atoms with van der Waals surface area (Å²) in [4.78, 5) is 36.0. The Morgan fingerprint density at radius 2 is 0.574 bits per heavy atom. The van der Waals surface area contributed by atoms with E-state index in [2.05, 4.69) is 172 Å². The molecule has 0 amide bonds. The molecule has 2 atom stereocenters. The number of esters is 2. The zero-order valence-electron chi connectivity index (χ0n) is 61.1. The third-order valence-electron chi connectivity index (χ3n) is 16.1. The number of carbonyl (C=O) groups excluding carboxylic acids is 2. The van der Waals surface area contributed by atoms with Gasteiger partial charge in [0.05, 0.1) is 27.7 Å². The van der Waals surface area contributed by atoms with Crippen LogP contribution >= 0.6 is 7.82 Å². The Morgan fingerprint density at radius 1 is 0.330 bits per heavy atom. The van der Waals surface area contributed by atoms with Crippen LogP contribution in [0.2, 0.25) is 0 Å². The fourth-order valence-electron chi connectivity index (χ4n) is 10.3. The van der Waals surface area contributed by atoms with E-state index in [1.54, 1.807) is 0 Å². The number of allylic oxidation sites excluding steroid dienone is 26. The van der Waals surface area contributed by atoms with Gasteiger partial charge in [-0.15, -0.1) is 0 Å². The summed E-state index contributed by atoms with van der Waals surface area (Å²) >= 11 is 0. The fourth-order valence-corrected chi connectivity index (χ4v) is 11.0. The topological polar surface area (TPSA) is 108 Å². The molecule has 10 heteroatoms. The third kappa shape index (κ3) is 76.6. The number of quaternary nitrogens is 1. The molecule has 0 radical (unpaired) electrons. The van der Waals surface area contributed by atoms with Crippen molar-refractivity contribution in [1.29, 1.82) is 0 Å². The lowest BCUT2D eigenvalue weighted by Gasteiger charge is -2.24. The predicted molar refractivity (Wildman–Crippen MR) is 408 cm³/mol. The molecule has 0 aliphatic carbocycles. The maximum atomic E-state index is 12.9. The first-order chi connectivity index (χ1) is 46.0. The number of phosphoric acid groups is 1. The quantitative estimate of drug-likeness (QED) is 0.0211. The highest BCUT2D eigenvalue weighted by Gasteiger charge is 2.27. The fraction of sp³-hybridized carbons (Fsp3) is 0.667. The second kappa shape index (κ2) is 72.9. The third-order valence-corrected chi connectivity index (χ3v) is 17.0. The van der Waals surface area contributed by atoms with Crippen LogP contribution in [0.4, 0.5) is 0 Å². The molecule has 0 bridgehead atoms. The molecule has 9 nitrogen and oxygen atoms in total. The molecule has 0 aromatic heterocycles. The van der Waals surface area contributed by atoms with Crippen LogP contribution < -0.4 is 0 Å². The summed E-state index contributed by atoms with van der Waals surface area (Å²) in [5.74, 6) is -0.809. The van der Waals surface area contributed by atoms with Crippen molar-refractivity contribution in [3.8, 4) is 0 Å². The minimum absolute atomic E-state index is 0.0232. The van der Waals surface area contributed by atoms with Crippen LogP contribution in [0.15, 0.2) is 158 Å². The molecular formula is C84H143NO8P+. The molecule has 1 N–H and O–H groups in total. The van der Waals surface area contributed by atoms with Gasteiger partial charge in [0.15, 0.2) is 6.10 Å². The van der Waals surface area contributed by atoms with Gasteiger partial charge < -0.3 is 18.9 Å². The van der Waals surface area contributed by atoms with E-state index in [1.165, 1.54) is 148 Å². The monoisotopic (exact) mass is 1330 g/mol. The van der Waals surface area contributed by atoms with Crippen molar-refractivity contribution in [1.82, 2.24) is 0 Å². The van der Waals surface area contributed by atoms with Crippen LogP contribution in [0, 0.1) is 0 Å². The highest BCUT2D eigenvalue weighted by atomic mass is 31.2. The summed E-state index contributed by atoms with van der Waals surface area (Å²) in [6.45, 7) is 4.21. The normalized spacial score (nSPS) is 14.0. The maximum Gasteiger partial charge on any atom is 0.472 e. The van der Waals surface area contributed by atoms with E-state index in [1.807, 2.05) is 21.1 Å². The number of unbranched alkanes of at least 4 members (excludes halogenated alkanes) is 29. The summed E-state index contributed by atoms with van der Waals surface area (Å²) in [5, 5.41) is 0. The molecule has 0 aliphatic heterocycles. The lowest BCUT2D eigenvalue weighted by atomic mass is 10.0. The van der Waals surface area contributed by atoms with Crippen LogP contribution in [0.5, 0.6) is 0 Å². The first-order valence-corrected chi connectivity index (χ1v) is 39.7. The van der Waals surface area contributed by atoms with Gasteiger partial charge in [0.1, 0.15) is 19.8 Å². The number of carbonyl (C=O) groups is 2. The van der Waals surface area contributed by atoms with Gasteiger partial charge in [0.2, 0.25) is 0 Å². The minimum atomic E-state index is -4.41. The van der Waals surface area contributed by atoms with Crippen LogP contribution in [-0.2, 0) is 32.7 Å². The summed E-state index contributed by atoms with van der Waals surface area (Å²) < 4.78 is 34.8. The SMILES string of the molecule is CC/C=C\C/C=C\C/C=C\C/C=C\C/C=C\C/C=C\C/C=C\C/C=C\C/C=C\CCCCCCCCCC(=O)OC(COC(=O)CCCCCCCCCCCCCCCCCCCCCCCC/C=C\C/C=C\C/C=C\C/C=C\CC)COP(=O)(O)OCC[N+](C)(C)C. The maximum absolute atomic E-state index is 12.9. The summed E-state index contributed by atoms with van der Waals surface area (Å²) in [6.07, 6.45) is 109. The van der Waals surface area contributed by atoms with Crippen molar-refractivity contribution in [3.63, 3.8) is 0 Å². The number of likely N-dealkylation sites (N-methyl/N-ethyl adjacent to an activating group) is 1. The second-order valence-electron chi connectivity index (χ2n) is 26.3. The standard InChI is InChI=1S/C84H142NO8P/c1-6-8-10-12-14-16-18-20-22-24-26-28-30-32-34-36-38-40-42-44-46-48-50-52-54-56-58-60-62-64-66-68-70-72-74-76-83(86)90-80-82(81-92-94(88,89)91-79-78-85(3,4)5)93-84(87)77-75-73-71-69-67-65-63-61-59-57-55-53-51-49-47-45-43-41-39-37-35-33-31-29-27-25-23-21-19-17-15-13-11-9-7-2/h8-11,14-17,20-23,26-29,33,35,39,41,45,47,51,53,57,59,82H,6-7,12-13,18-19,24-25,30-32,34,36-38,40,42-44,46,48-50,52,54-56,58,60-81H2,1-5H3/p+1/b10-8-,11-9-,16-14-,17-15-,22-20-,23-21-,28-26-,29-27-,35-33-,41-39-,47-45-,53-51-,59-57-. The van der Waals surface area contributed by atoms with E-state index in [-0.39, 0.29) is 32.0 Å². The Hall–Kier alpha value is -4.37. The zero-order valence-corrected chi connectivity index (χ0v) is 62.0. The van der Waals surface area contributed by atoms with Gasteiger partial charge in [0.25, 0.3) is 0 Å². The van der Waals surface area contributed by atoms with Crippen LogP contribution in [0.1, 0.15) is 309 Å². The Morgan fingerprint density at radius 3 is 0.851 bits per heavy atom. The van der Waals surface area contributed by atoms with Crippen molar-refractivity contribution in [2.75, 3.05) is 47.5 Å². The molecule has 0 saturated carbocycles. The number of nitrogens with zero attached hydrogens (tertiary/aromatic N) is 1. The molecule has 0 rings (SSSR count). The second-order valence-corrected chi connectivity index (χ2v) is 27.7. The molecule has 0 fully saturated rings. The van der Waals surface area contributed by atoms with Crippen LogP contribution in [0.3, 0.4) is 0 Å². The summed E-state index contributed by atoms with van der Waals surface area (Å²) in [6, 6.07) is 0. The van der Waals surface area contributed by atoms with Crippen molar-refractivity contribution in [2.45, 2.75) is 315 Å². The smallest absolute Gasteiger partial charge is 0.462 e. The first kappa shape index (κ1) is 89.6. The Bertz CT molecular complexity index is 2150. The molecule has 94 heavy (non-hydrogen) atoms. The molecular weight excluding hydrogens is 1180 g/mol. The van der Waals surface area contributed by atoms with Gasteiger partial charge >= 0.3 is 19.8 Å². The summed E-state index contributed by atoms with van der Waals surface area (Å²) in [7, 11) is 1.46. The average molecular weight is 1330 g/mol. The van der Waals surface area contributed by atoms with E-state index in [4.69, 9.17) is 18.5 Å². The van der Waals surface area contributed by atoms with E-state index in [9.17, 15) is 19.0 Å². The van der Waals surface area contributed by atoms with Crippen molar-refractivity contribution >= 4 is 19.8 Å². The molecule has 0 spiro atoms. The summed E-state index contributed by atoms with van der Waals surface area (Å²) in [5.41, 5.74) is 0. The number of ether oxygens (including phenoxy) is 2. The van der Waals surface area contributed by atoms with Crippen LogP contribution in [-0.4, -0.2) is 74.9 Å². The molecule has 0 saturated heterocycles. The van der Waals surface area contributed by atoms with Gasteiger partial charge in [-0.3, -0.25) is 18.6 Å². The van der Waals surface area contributed by atoms with E-state index < -0.39 is 26.5 Å². The van der Waals surface area contributed by atoms with E-state index in [0.29, 0.717) is 17.4 Å². The predicted octanol–water partition coefficient (Wildman–Crippen LogP) is 25.5. The Balaban J connectivity index is 4.05. The molecule has 0 aromatic carbocycles. The van der Waals surface area contributed by atoms with Crippen LogP contribution in [0.25, 0.3) is 0 Å². The Labute approximate surface area is 579 Å². The van der Waals surface area contributed by atoms with Gasteiger partial charge in [0, 0.05) is 12.8 Å². The van der Waals surface area contributed by atoms with E-state index in [0.717, 1.165) is 128 Å². The van der Waals surface area contributed by atoms with Crippen molar-refractivity contribution in [3.05, 3.63) is 158 Å². The largest absolute Gasteiger partial charge is 0.472 e. The number of hydrogen-bond donors (Lipinski definition) is 1. The van der Waals surface area contributed by atoms with Gasteiger partial charge in [-0.2, -0.15) is 0 Å². The van der Waals surface area contributed by atoms with Gasteiger partial charge in [-0.25, -0.2) is 4.57 Å². The average Bonchev–Trinajstić information content (AvgIpc) is 1.68.